The normalized spacial score (nSPS) is 16.9. The molecule has 3 N–H and O–H groups in total. The number of amides is 1. The minimum absolute atomic E-state index is 0. The zero-order chi connectivity index (χ0) is 14.5. The molecule has 1 aromatic rings. The minimum atomic E-state index is -0.348. The molecular weight excluding hydrogens is 291 g/mol. The third-order valence-electron chi connectivity index (χ3n) is 4.22. The maximum absolute atomic E-state index is 13.5. The number of carbonyl (C=O) groups is 1. The summed E-state index contributed by atoms with van der Waals surface area (Å²) in [6.07, 6.45) is 5.91. The van der Waals surface area contributed by atoms with Crippen molar-refractivity contribution in [1.82, 2.24) is 5.32 Å². The van der Waals surface area contributed by atoms with Crippen LogP contribution in [0.25, 0.3) is 0 Å². The third-order valence-corrected chi connectivity index (χ3v) is 4.22. The third kappa shape index (κ3) is 4.68. The molecular formula is C16H24ClFN2O. The zero-order valence-electron chi connectivity index (χ0n) is 12.4. The highest BCUT2D eigenvalue weighted by molar-refractivity contribution is 5.94. The van der Waals surface area contributed by atoms with Crippen molar-refractivity contribution in [3.63, 3.8) is 0 Å². The van der Waals surface area contributed by atoms with Gasteiger partial charge in [0.25, 0.3) is 5.91 Å². The van der Waals surface area contributed by atoms with Crippen LogP contribution >= 0.6 is 12.4 Å². The van der Waals surface area contributed by atoms with E-state index in [2.05, 4.69) is 5.32 Å². The number of halogens is 2. The van der Waals surface area contributed by atoms with E-state index in [4.69, 9.17) is 5.73 Å². The molecule has 0 heterocycles. The molecule has 2 rings (SSSR count). The van der Waals surface area contributed by atoms with Crippen LogP contribution in [0.15, 0.2) is 18.2 Å². The summed E-state index contributed by atoms with van der Waals surface area (Å²) in [5, 5.41) is 2.97. The molecule has 1 unspecified atom stereocenters. The number of hydrogen-bond donors (Lipinski definition) is 2. The fourth-order valence-corrected chi connectivity index (χ4v) is 2.89. The van der Waals surface area contributed by atoms with Crippen LogP contribution in [0.1, 0.15) is 48.0 Å². The maximum Gasteiger partial charge on any atom is 0.251 e. The molecule has 0 saturated heterocycles. The fourth-order valence-electron chi connectivity index (χ4n) is 2.89. The molecule has 5 heteroatoms. The van der Waals surface area contributed by atoms with E-state index in [1.807, 2.05) is 0 Å². The first-order valence-electron chi connectivity index (χ1n) is 7.39. The van der Waals surface area contributed by atoms with Crippen molar-refractivity contribution in [3.8, 4) is 0 Å². The minimum Gasteiger partial charge on any atom is -0.348 e. The lowest BCUT2D eigenvalue weighted by Gasteiger charge is -2.30. The molecule has 1 aliphatic rings. The van der Waals surface area contributed by atoms with Gasteiger partial charge in [0.05, 0.1) is 0 Å². The second-order valence-electron chi connectivity index (χ2n) is 5.68. The van der Waals surface area contributed by atoms with Gasteiger partial charge < -0.3 is 11.1 Å². The van der Waals surface area contributed by atoms with Crippen LogP contribution in [-0.2, 0) is 0 Å². The highest BCUT2D eigenvalue weighted by atomic mass is 35.5. The summed E-state index contributed by atoms with van der Waals surface area (Å²) in [7, 11) is 0. The van der Waals surface area contributed by atoms with Crippen molar-refractivity contribution in [1.29, 1.82) is 0 Å². The second kappa shape index (κ2) is 8.35. The molecule has 1 amide bonds. The Morgan fingerprint density at radius 2 is 2.05 bits per heavy atom. The van der Waals surface area contributed by atoms with E-state index in [-0.39, 0.29) is 30.2 Å². The number of nitrogens with one attached hydrogen (secondary N) is 1. The molecule has 1 aliphatic carbocycles. The van der Waals surface area contributed by atoms with Gasteiger partial charge in [0.1, 0.15) is 5.82 Å². The van der Waals surface area contributed by atoms with E-state index >= 15 is 0 Å². The Morgan fingerprint density at radius 1 is 1.38 bits per heavy atom. The summed E-state index contributed by atoms with van der Waals surface area (Å²) in [4.78, 5) is 12.2. The summed E-state index contributed by atoms with van der Waals surface area (Å²) in [6.45, 7) is 2.12. The van der Waals surface area contributed by atoms with Crippen LogP contribution in [0.5, 0.6) is 0 Å². The number of hydrogen-bond acceptors (Lipinski definition) is 2. The lowest BCUT2D eigenvalue weighted by molar-refractivity contribution is 0.0915. The summed E-state index contributed by atoms with van der Waals surface area (Å²) in [5.74, 6) is -0.127. The lowest BCUT2D eigenvalue weighted by atomic mass is 9.84. The molecule has 1 fully saturated rings. The zero-order valence-corrected chi connectivity index (χ0v) is 13.2. The quantitative estimate of drug-likeness (QED) is 0.896. The summed E-state index contributed by atoms with van der Waals surface area (Å²) in [6, 6.07) is 4.57. The van der Waals surface area contributed by atoms with Crippen molar-refractivity contribution < 1.29 is 9.18 Å². The van der Waals surface area contributed by atoms with E-state index in [0.29, 0.717) is 23.6 Å². The molecule has 0 spiro atoms. The molecule has 1 atom stereocenters. The number of aryl methyl sites for hydroxylation is 1. The largest absolute Gasteiger partial charge is 0.348 e. The van der Waals surface area contributed by atoms with Crippen LogP contribution in [0.2, 0.25) is 0 Å². The first-order valence-corrected chi connectivity index (χ1v) is 7.39. The smallest absolute Gasteiger partial charge is 0.251 e. The number of benzene rings is 1. The Labute approximate surface area is 131 Å². The van der Waals surface area contributed by atoms with Crippen molar-refractivity contribution >= 4 is 18.3 Å². The van der Waals surface area contributed by atoms with E-state index in [1.165, 1.54) is 25.3 Å². The highest BCUT2D eigenvalue weighted by Gasteiger charge is 2.24. The average molecular weight is 315 g/mol. The highest BCUT2D eigenvalue weighted by Crippen LogP contribution is 2.26. The first-order chi connectivity index (χ1) is 9.61. The van der Waals surface area contributed by atoms with Gasteiger partial charge in [-0.3, -0.25) is 4.79 Å². The molecule has 0 aromatic heterocycles. The summed E-state index contributed by atoms with van der Waals surface area (Å²) >= 11 is 0. The Morgan fingerprint density at radius 3 is 2.62 bits per heavy atom. The Bertz CT molecular complexity index is 475. The molecule has 21 heavy (non-hydrogen) atoms. The van der Waals surface area contributed by atoms with Gasteiger partial charge in [-0.25, -0.2) is 4.39 Å². The molecule has 118 valence electrons. The van der Waals surface area contributed by atoms with Crippen molar-refractivity contribution in [2.24, 2.45) is 11.7 Å². The predicted octanol–water partition coefficient (Wildman–Crippen LogP) is 3.19. The van der Waals surface area contributed by atoms with E-state index in [1.54, 1.807) is 19.1 Å². The number of rotatable bonds is 4. The van der Waals surface area contributed by atoms with Gasteiger partial charge in [0.2, 0.25) is 0 Å². The summed E-state index contributed by atoms with van der Waals surface area (Å²) in [5.41, 5.74) is 6.70. The van der Waals surface area contributed by atoms with Gasteiger partial charge in [-0.15, -0.1) is 12.4 Å². The Kier molecular flexibility index (Phi) is 7.12. The van der Waals surface area contributed by atoms with Gasteiger partial charge in [-0.1, -0.05) is 25.3 Å². The molecule has 0 aliphatic heterocycles. The van der Waals surface area contributed by atoms with Gasteiger partial charge in [-0.2, -0.15) is 0 Å². The first kappa shape index (κ1) is 17.9. The second-order valence-corrected chi connectivity index (χ2v) is 5.68. The molecule has 3 nitrogen and oxygen atoms in total. The lowest BCUT2D eigenvalue weighted by Crippen LogP contribution is -2.45. The van der Waals surface area contributed by atoms with E-state index in [0.717, 1.165) is 12.8 Å². The number of nitrogens with two attached hydrogens (primary N) is 1. The van der Waals surface area contributed by atoms with Gasteiger partial charge in [0, 0.05) is 18.2 Å². The number of carbonyl (C=O) groups excluding carboxylic acids is 1. The van der Waals surface area contributed by atoms with Crippen molar-refractivity contribution in [2.45, 2.75) is 45.1 Å². The topological polar surface area (TPSA) is 55.1 Å². The van der Waals surface area contributed by atoms with E-state index in [9.17, 15) is 9.18 Å². The SMILES string of the molecule is Cc1ccc(C(=O)NC(CN)C2CCCCC2)cc1F.Cl. The van der Waals surface area contributed by atoms with Crippen molar-refractivity contribution in [3.05, 3.63) is 35.1 Å². The maximum atomic E-state index is 13.5. The van der Waals surface area contributed by atoms with Crippen LogP contribution in [-0.4, -0.2) is 18.5 Å². The van der Waals surface area contributed by atoms with Crippen LogP contribution < -0.4 is 11.1 Å². The van der Waals surface area contributed by atoms with Crippen LogP contribution in [0.3, 0.4) is 0 Å². The molecule has 1 saturated carbocycles. The molecule has 0 bridgehead atoms. The van der Waals surface area contributed by atoms with Crippen LogP contribution in [0.4, 0.5) is 4.39 Å². The predicted molar refractivity (Wildman–Crippen MR) is 85.3 cm³/mol. The Hall–Kier alpha value is -1.13. The molecule has 1 aromatic carbocycles. The average Bonchev–Trinajstić information content (AvgIpc) is 2.48. The van der Waals surface area contributed by atoms with Gasteiger partial charge >= 0.3 is 0 Å². The van der Waals surface area contributed by atoms with Crippen molar-refractivity contribution in [2.75, 3.05) is 6.54 Å². The van der Waals surface area contributed by atoms with Gasteiger partial charge in [0.15, 0.2) is 0 Å². The standard InChI is InChI=1S/C16H23FN2O.ClH/c1-11-7-8-13(9-14(11)17)16(20)19-15(10-18)12-5-3-2-4-6-12;/h7-9,12,15H,2-6,10,18H2,1H3,(H,19,20);1H. The Balaban J connectivity index is 0.00000220. The van der Waals surface area contributed by atoms with Crippen LogP contribution in [0, 0.1) is 18.7 Å². The molecule has 0 radical (unpaired) electrons. The summed E-state index contributed by atoms with van der Waals surface area (Å²) < 4.78 is 13.5. The monoisotopic (exact) mass is 314 g/mol. The van der Waals surface area contributed by atoms with E-state index < -0.39 is 0 Å². The van der Waals surface area contributed by atoms with Gasteiger partial charge in [-0.05, 0) is 43.4 Å². The fraction of sp³-hybridized carbons (Fsp3) is 0.562.